The van der Waals surface area contributed by atoms with E-state index in [1.54, 1.807) is 12.4 Å². The number of nitrogens with one attached hydrogen (secondary N) is 1. The number of amides is 1. The van der Waals surface area contributed by atoms with E-state index < -0.39 is 0 Å². The number of benzene rings is 1. The molecule has 20 heavy (non-hydrogen) atoms. The van der Waals surface area contributed by atoms with Crippen molar-refractivity contribution >= 4 is 17.7 Å². The summed E-state index contributed by atoms with van der Waals surface area (Å²) >= 11 is 1.88. The Kier molecular flexibility index (Phi) is 4.02. The molecule has 1 amide bonds. The van der Waals surface area contributed by atoms with Gasteiger partial charge in [-0.2, -0.15) is 0 Å². The zero-order valence-corrected chi connectivity index (χ0v) is 12.0. The third kappa shape index (κ3) is 3.02. The molecule has 0 aliphatic carbocycles. The summed E-state index contributed by atoms with van der Waals surface area (Å²) in [7, 11) is 0. The highest BCUT2D eigenvalue weighted by Crippen LogP contribution is 2.30. The molecule has 0 radical (unpaired) electrons. The lowest BCUT2D eigenvalue weighted by molar-refractivity contribution is 0.0950. The van der Waals surface area contributed by atoms with Gasteiger partial charge in [0.05, 0.1) is 0 Å². The quantitative estimate of drug-likeness (QED) is 0.942. The predicted molar refractivity (Wildman–Crippen MR) is 80.9 cm³/mol. The smallest absolute Gasteiger partial charge is 0.251 e. The molecule has 3 rings (SSSR count). The van der Waals surface area contributed by atoms with Gasteiger partial charge in [-0.15, -0.1) is 11.8 Å². The lowest BCUT2D eigenvalue weighted by Crippen LogP contribution is -2.23. The number of carbonyl (C=O) groups excluding carboxylic acids is 1. The van der Waals surface area contributed by atoms with Crippen LogP contribution in [0.25, 0.3) is 0 Å². The maximum absolute atomic E-state index is 12.2. The van der Waals surface area contributed by atoms with Gasteiger partial charge in [0.25, 0.3) is 5.91 Å². The van der Waals surface area contributed by atoms with Crippen molar-refractivity contribution in [3.8, 4) is 0 Å². The molecule has 3 nitrogen and oxygen atoms in total. The summed E-state index contributed by atoms with van der Waals surface area (Å²) in [4.78, 5) is 17.5. The summed E-state index contributed by atoms with van der Waals surface area (Å²) in [5.41, 5.74) is 3.06. The van der Waals surface area contributed by atoms with Crippen LogP contribution in [0.3, 0.4) is 0 Å². The van der Waals surface area contributed by atoms with Gasteiger partial charge in [-0.05, 0) is 54.0 Å². The molecule has 0 spiro atoms. The van der Waals surface area contributed by atoms with Crippen LogP contribution in [0.15, 0.2) is 47.6 Å². The Bertz CT molecular complexity index is 613. The minimum Gasteiger partial charge on any atom is -0.348 e. The SMILES string of the molecule is O=C(NCc1cccnc1)c1ccc2c(c1)CCCS2. The second kappa shape index (κ2) is 6.09. The molecule has 0 unspecified atom stereocenters. The van der Waals surface area contributed by atoms with E-state index in [0.29, 0.717) is 6.54 Å². The number of thioether (sulfide) groups is 1. The van der Waals surface area contributed by atoms with Crippen LogP contribution in [-0.2, 0) is 13.0 Å². The van der Waals surface area contributed by atoms with Gasteiger partial charge in [-0.25, -0.2) is 0 Å². The van der Waals surface area contributed by atoms with E-state index in [1.807, 2.05) is 36.0 Å². The molecule has 0 bridgehead atoms. The number of carbonyl (C=O) groups is 1. The first-order valence-electron chi connectivity index (χ1n) is 6.76. The summed E-state index contributed by atoms with van der Waals surface area (Å²) in [6.07, 6.45) is 5.76. The van der Waals surface area contributed by atoms with Crippen LogP contribution in [0.5, 0.6) is 0 Å². The van der Waals surface area contributed by atoms with Gasteiger partial charge >= 0.3 is 0 Å². The lowest BCUT2D eigenvalue weighted by atomic mass is 10.1. The zero-order valence-electron chi connectivity index (χ0n) is 11.1. The molecule has 0 saturated heterocycles. The van der Waals surface area contributed by atoms with E-state index in [0.717, 1.165) is 17.5 Å². The average Bonchev–Trinajstić information content (AvgIpc) is 2.53. The van der Waals surface area contributed by atoms with Gasteiger partial charge in [-0.1, -0.05) is 6.07 Å². The van der Waals surface area contributed by atoms with Gasteiger partial charge in [0.15, 0.2) is 0 Å². The maximum atomic E-state index is 12.2. The van der Waals surface area contributed by atoms with E-state index in [1.165, 1.54) is 22.6 Å². The lowest BCUT2D eigenvalue weighted by Gasteiger charge is -2.15. The summed E-state index contributed by atoms with van der Waals surface area (Å²) < 4.78 is 0. The number of hydrogen-bond donors (Lipinski definition) is 1. The summed E-state index contributed by atoms with van der Waals surface area (Å²) in [6.45, 7) is 0.512. The molecule has 1 aromatic heterocycles. The first-order valence-corrected chi connectivity index (χ1v) is 7.74. The normalized spacial score (nSPS) is 13.6. The fourth-order valence-corrected chi connectivity index (χ4v) is 3.31. The van der Waals surface area contributed by atoms with Crippen molar-refractivity contribution in [3.05, 3.63) is 59.4 Å². The zero-order chi connectivity index (χ0) is 13.8. The third-order valence-electron chi connectivity index (χ3n) is 3.35. The van der Waals surface area contributed by atoms with Crippen molar-refractivity contribution < 1.29 is 4.79 Å². The monoisotopic (exact) mass is 284 g/mol. The van der Waals surface area contributed by atoms with Crippen molar-refractivity contribution in [3.63, 3.8) is 0 Å². The van der Waals surface area contributed by atoms with Crippen LogP contribution >= 0.6 is 11.8 Å². The van der Waals surface area contributed by atoms with Crippen LogP contribution in [0, 0.1) is 0 Å². The molecule has 2 heterocycles. The van der Waals surface area contributed by atoms with E-state index in [-0.39, 0.29) is 5.91 Å². The number of fused-ring (bicyclic) bond motifs is 1. The molecular weight excluding hydrogens is 268 g/mol. The number of nitrogens with zero attached hydrogens (tertiary/aromatic N) is 1. The maximum Gasteiger partial charge on any atom is 0.251 e. The Morgan fingerprint density at radius 3 is 3.15 bits per heavy atom. The third-order valence-corrected chi connectivity index (χ3v) is 4.55. The van der Waals surface area contributed by atoms with Gasteiger partial charge in [0.2, 0.25) is 0 Å². The Morgan fingerprint density at radius 2 is 2.30 bits per heavy atom. The number of aromatic nitrogens is 1. The molecular formula is C16H16N2OS. The summed E-state index contributed by atoms with van der Waals surface area (Å²) in [6, 6.07) is 9.84. The highest BCUT2D eigenvalue weighted by Gasteiger charge is 2.13. The largest absolute Gasteiger partial charge is 0.348 e. The minimum absolute atomic E-state index is 0.0211. The molecule has 1 aliphatic heterocycles. The van der Waals surface area contributed by atoms with Crippen molar-refractivity contribution in [1.82, 2.24) is 10.3 Å². The highest BCUT2D eigenvalue weighted by molar-refractivity contribution is 7.99. The van der Waals surface area contributed by atoms with Crippen molar-refractivity contribution in [2.45, 2.75) is 24.3 Å². The Balaban J connectivity index is 1.68. The van der Waals surface area contributed by atoms with Gasteiger partial charge < -0.3 is 5.32 Å². The molecule has 2 aromatic rings. The minimum atomic E-state index is -0.0211. The number of hydrogen-bond acceptors (Lipinski definition) is 3. The van der Waals surface area contributed by atoms with Crippen LogP contribution in [0.2, 0.25) is 0 Å². The van der Waals surface area contributed by atoms with E-state index in [4.69, 9.17) is 0 Å². The molecule has 1 N–H and O–H groups in total. The fourth-order valence-electron chi connectivity index (χ4n) is 2.29. The van der Waals surface area contributed by atoms with Gasteiger partial charge in [0.1, 0.15) is 0 Å². The fraction of sp³-hybridized carbons (Fsp3) is 0.250. The average molecular weight is 284 g/mol. The second-order valence-electron chi connectivity index (χ2n) is 4.82. The number of aryl methyl sites for hydroxylation is 1. The molecule has 4 heteroatoms. The topological polar surface area (TPSA) is 42.0 Å². The van der Waals surface area contributed by atoms with Gasteiger partial charge in [-0.3, -0.25) is 9.78 Å². The molecule has 0 atom stereocenters. The van der Waals surface area contributed by atoms with Crippen LogP contribution in [-0.4, -0.2) is 16.6 Å². The van der Waals surface area contributed by atoms with Gasteiger partial charge in [0, 0.05) is 29.4 Å². The molecule has 102 valence electrons. The van der Waals surface area contributed by atoms with Crippen molar-refractivity contribution in [2.75, 3.05) is 5.75 Å². The van der Waals surface area contributed by atoms with Crippen LogP contribution in [0.4, 0.5) is 0 Å². The molecule has 0 saturated carbocycles. The number of rotatable bonds is 3. The number of pyridine rings is 1. The first kappa shape index (κ1) is 13.2. The Morgan fingerprint density at radius 1 is 1.35 bits per heavy atom. The van der Waals surface area contributed by atoms with E-state index in [9.17, 15) is 4.79 Å². The summed E-state index contributed by atoms with van der Waals surface area (Å²) in [5.74, 6) is 1.16. The standard InChI is InChI=1S/C16H16N2OS/c19-16(18-11-12-3-1-7-17-10-12)14-5-6-15-13(9-14)4-2-8-20-15/h1,3,5-7,9-10H,2,4,8,11H2,(H,18,19). The van der Waals surface area contributed by atoms with Crippen molar-refractivity contribution in [2.24, 2.45) is 0 Å². The molecule has 0 fully saturated rings. The van der Waals surface area contributed by atoms with Crippen LogP contribution < -0.4 is 5.32 Å². The Hall–Kier alpha value is -1.81. The first-order chi connectivity index (χ1) is 9.83. The van der Waals surface area contributed by atoms with E-state index >= 15 is 0 Å². The highest BCUT2D eigenvalue weighted by atomic mass is 32.2. The molecule has 1 aliphatic rings. The van der Waals surface area contributed by atoms with E-state index in [2.05, 4.69) is 16.4 Å². The van der Waals surface area contributed by atoms with Crippen LogP contribution in [0.1, 0.15) is 27.9 Å². The predicted octanol–water partition coefficient (Wildman–Crippen LogP) is 3.05. The second-order valence-corrected chi connectivity index (χ2v) is 5.96. The summed E-state index contributed by atoms with van der Waals surface area (Å²) in [5, 5.41) is 2.94. The van der Waals surface area contributed by atoms with Crippen molar-refractivity contribution in [1.29, 1.82) is 0 Å². The Labute approximate surface area is 122 Å². The molecule has 1 aromatic carbocycles.